The molecule has 18 heavy (non-hydrogen) atoms. The zero-order valence-electron chi connectivity index (χ0n) is 9.22. The van der Waals surface area contributed by atoms with E-state index < -0.39 is 35.4 Å². The summed E-state index contributed by atoms with van der Waals surface area (Å²) in [6.45, 7) is 0. The summed E-state index contributed by atoms with van der Waals surface area (Å²) >= 11 is 0. The van der Waals surface area contributed by atoms with Crippen LogP contribution in [0.15, 0.2) is 18.2 Å². The van der Waals surface area contributed by atoms with Crippen molar-refractivity contribution in [3.63, 3.8) is 0 Å². The summed E-state index contributed by atoms with van der Waals surface area (Å²) in [5.41, 5.74) is -2.63. The lowest BCUT2D eigenvalue weighted by Crippen LogP contribution is -2.20. The van der Waals surface area contributed by atoms with E-state index in [1.807, 2.05) is 0 Å². The molecule has 98 valence electrons. The highest BCUT2D eigenvalue weighted by atomic mass is 19.4. The van der Waals surface area contributed by atoms with Crippen LogP contribution in [-0.2, 0) is 16.4 Å². The fourth-order valence-corrected chi connectivity index (χ4v) is 2.24. The van der Waals surface area contributed by atoms with Crippen molar-refractivity contribution in [2.75, 3.05) is 0 Å². The average molecular weight is 262 g/mol. The number of hydrogen-bond donors (Lipinski definition) is 1. The van der Waals surface area contributed by atoms with E-state index in [9.17, 15) is 22.4 Å². The Balaban J connectivity index is 2.52. The molecule has 0 saturated heterocycles. The number of benzene rings is 1. The van der Waals surface area contributed by atoms with Gasteiger partial charge in [0, 0.05) is 5.41 Å². The molecule has 0 aliphatic heterocycles. The maximum absolute atomic E-state index is 13.4. The molecular formula is C12H10F4O2. The number of aliphatic carboxylic acids is 1. The van der Waals surface area contributed by atoms with Gasteiger partial charge in [-0.2, -0.15) is 13.2 Å². The highest BCUT2D eigenvalue weighted by Gasteiger charge is 2.51. The lowest BCUT2D eigenvalue weighted by molar-refractivity contribution is -0.142. The normalized spacial score (nSPS) is 17.6. The highest BCUT2D eigenvalue weighted by Crippen LogP contribution is 2.54. The molecule has 0 amide bonds. The van der Waals surface area contributed by atoms with E-state index in [-0.39, 0.29) is 5.56 Å². The molecular weight excluding hydrogens is 252 g/mol. The minimum atomic E-state index is -4.81. The van der Waals surface area contributed by atoms with E-state index in [1.54, 1.807) is 0 Å². The molecule has 0 unspecified atom stereocenters. The molecule has 2 rings (SSSR count). The summed E-state index contributed by atoms with van der Waals surface area (Å²) in [4.78, 5) is 10.7. The minimum Gasteiger partial charge on any atom is -0.481 e. The van der Waals surface area contributed by atoms with Crippen molar-refractivity contribution < 1.29 is 27.5 Å². The molecule has 0 heterocycles. The summed E-state index contributed by atoms with van der Waals surface area (Å²) in [6.07, 6.45) is -4.54. The maximum Gasteiger partial charge on any atom is 0.419 e. The largest absolute Gasteiger partial charge is 0.481 e. The lowest BCUT2D eigenvalue weighted by atomic mass is 9.88. The first-order valence-corrected chi connectivity index (χ1v) is 5.34. The second kappa shape index (κ2) is 3.96. The third-order valence-corrected chi connectivity index (χ3v) is 3.21. The van der Waals surface area contributed by atoms with Crippen LogP contribution in [0, 0.1) is 5.82 Å². The van der Waals surface area contributed by atoms with Gasteiger partial charge in [-0.1, -0.05) is 12.1 Å². The Hall–Kier alpha value is -1.59. The number of carbonyl (C=O) groups is 1. The first-order chi connectivity index (χ1) is 8.26. The predicted molar refractivity (Wildman–Crippen MR) is 54.6 cm³/mol. The number of carboxylic acid groups (broad SMARTS) is 1. The van der Waals surface area contributed by atoms with E-state index in [1.165, 1.54) is 12.1 Å². The average Bonchev–Trinajstić information content (AvgIpc) is 2.95. The molecule has 1 aromatic carbocycles. The Kier molecular flexibility index (Phi) is 2.83. The molecule has 1 saturated carbocycles. The van der Waals surface area contributed by atoms with Crippen LogP contribution in [0.2, 0.25) is 0 Å². The molecule has 1 aromatic rings. The SMILES string of the molecule is O=C(O)CC1(c2cccc(F)c2C(F)(F)F)CC1. The smallest absolute Gasteiger partial charge is 0.419 e. The van der Waals surface area contributed by atoms with Crippen LogP contribution in [0.1, 0.15) is 30.4 Å². The molecule has 1 N–H and O–H groups in total. The van der Waals surface area contributed by atoms with Gasteiger partial charge in [0.15, 0.2) is 0 Å². The lowest BCUT2D eigenvalue weighted by Gasteiger charge is -2.20. The first-order valence-electron chi connectivity index (χ1n) is 5.34. The third kappa shape index (κ3) is 2.19. The van der Waals surface area contributed by atoms with Crippen LogP contribution in [0.3, 0.4) is 0 Å². The van der Waals surface area contributed by atoms with Gasteiger partial charge in [-0.3, -0.25) is 4.79 Å². The van der Waals surface area contributed by atoms with Gasteiger partial charge in [0.1, 0.15) is 5.82 Å². The van der Waals surface area contributed by atoms with Crippen LogP contribution in [0.5, 0.6) is 0 Å². The Labute approximate surface area is 100 Å². The zero-order chi connectivity index (χ0) is 13.6. The first kappa shape index (κ1) is 12.9. The van der Waals surface area contributed by atoms with Crippen LogP contribution in [0.25, 0.3) is 0 Å². The van der Waals surface area contributed by atoms with Crippen molar-refractivity contribution in [3.8, 4) is 0 Å². The van der Waals surface area contributed by atoms with E-state index in [0.29, 0.717) is 12.8 Å². The standard InChI is InChI=1S/C12H10F4O2/c13-8-3-1-2-7(10(8)12(14,15)16)11(4-5-11)6-9(17)18/h1-3H,4-6H2,(H,17,18). The van der Waals surface area contributed by atoms with Gasteiger partial charge >= 0.3 is 12.1 Å². The molecule has 0 spiro atoms. The van der Waals surface area contributed by atoms with Gasteiger partial charge in [0.25, 0.3) is 0 Å². The van der Waals surface area contributed by atoms with Crippen molar-refractivity contribution in [2.45, 2.75) is 30.9 Å². The topological polar surface area (TPSA) is 37.3 Å². The van der Waals surface area contributed by atoms with Gasteiger partial charge in [-0.15, -0.1) is 0 Å². The van der Waals surface area contributed by atoms with Crippen molar-refractivity contribution in [1.82, 2.24) is 0 Å². The summed E-state index contributed by atoms with van der Waals surface area (Å²) < 4.78 is 51.8. The van der Waals surface area contributed by atoms with Gasteiger partial charge in [0.2, 0.25) is 0 Å². The van der Waals surface area contributed by atoms with E-state index >= 15 is 0 Å². The quantitative estimate of drug-likeness (QED) is 0.848. The zero-order valence-corrected chi connectivity index (χ0v) is 9.22. The second-order valence-corrected chi connectivity index (χ2v) is 4.51. The Morgan fingerprint density at radius 1 is 1.33 bits per heavy atom. The molecule has 1 fully saturated rings. The van der Waals surface area contributed by atoms with Gasteiger partial charge in [0.05, 0.1) is 12.0 Å². The monoisotopic (exact) mass is 262 g/mol. The van der Waals surface area contributed by atoms with Crippen molar-refractivity contribution in [3.05, 3.63) is 35.1 Å². The van der Waals surface area contributed by atoms with Crippen LogP contribution < -0.4 is 0 Å². The summed E-state index contributed by atoms with van der Waals surface area (Å²) in [5, 5.41) is 8.74. The molecule has 0 radical (unpaired) electrons. The third-order valence-electron chi connectivity index (χ3n) is 3.21. The van der Waals surface area contributed by atoms with Gasteiger partial charge in [-0.25, -0.2) is 4.39 Å². The second-order valence-electron chi connectivity index (χ2n) is 4.51. The number of rotatable bonds is 3. The highest BCUT2D eigenvalue weighted by molar-refractivity contribution is 5.70. The molecule has 0 bridgehead atoms. The Morgan fingerprint density at radius 2 is 1.94 bits per heavy atom. The van der Waals surface area contributed by atoms with Crippen molar-refractivity contribution >= 4 is 5.97 Å². The van der Waals surface area contributed by atoms with E-state index in [4.69, 9.17) is 5.11 Å². The van der Waals surface area contributed by atoms with Crippen molar-refractivity contribution in [2.24, 2.45) is 0 Å². The number of halogens is 4. The molecule has 6 heteroatoms. The van der Waals surface area contributed by atoms with E-state index in [2.05, 4.69) is 0 Å². The van der Waals surface area contributed by atoms with Gasteiger partial charge < -0.3 is 5.11 Å². The summed E-state index contributed by atoms with van der Waals surface area (Å²) in [7, 11) is 0. The predicted octanol–water partition coefficient (Wildman–Crippen LogP) is 3.35. The number of hydrogen-bond acceptors (Lipinski definition) is 1. The molecule has 1 aliphatic rings. The van der Waals surface area contributed by atoms with Crippen LogP contribution in [-0.4, -0.2) is 11.1 Å². The molecule has 0 atom stereocenters. The summed E-state index contributed by atoms with van der Waals surface area (Å²) in [5.74, 6) is -2.53. The maximum atomic E-state index is 13.4. The Morgan fingerprint density at radius 3 is 2.39 bits per heavy atom. The van der Waals surface area contributed by atoms with Gasteiger partial charge in [-0.05, 0) is 24.5 Å². The number of alkyl halides is 3. The van der Waals surface area contributed by atoms with Crippen LogP contribution >= 0.6 is 0 Å². The molecule has 0 aromatic heterocycles. The molecule has 2 nitrogen and oxygen atoms in total. The van der Waals surface area contributed by atoms with Crippen LogP contribution in [0.4, 0.5) is 17.6 Å². The number of carboxylic acids is 1. The fourth-order valence-electron chi connectivity index (χ4n) is 2.24. The fraction of sp³-hybridized carbons (Fsp3) is 0.417. The molecule has 1 aliphatic carbocycles. The minimum absolute atomic E-state index is 0.239. The van der Waals surface area contributed by atoms with E-state index in [0.717, 1.165) is 6.07 Å². The van der Waals surface area contributed by atoms with Crippen molar-refractivity contribution in [1.29, 1.82) is 0 Å². The summed E-state index contributed by atoms with van der Waals surface area (Å²) in [6, 6.07) is 3.09. The Bertz CT molecular complexity index is 489.